The lowest BCUT2D eigenvalue weighted by Gasteiger charge is -2.50. The van der Waals surface area contributed by atoms with E-state index < -0.39 is 64.1 Å². The van der Waals surface area contributed by atoms with E-state index in [0.717, 1.165) is 0 Å². The number of nitrogens with one attached hydrogen (secondary N) is 1. The van der Waals surface area contributed by atoms with E-state index in [2.05, 4.69) is 11.9 Å². The highest BCUT2D eigenvalue weighted by molar-refractivity contribution is 6.24. The van der Waals surface area contributed by atoms with Crippen molar-refractivity contribution in [1.82, 2.24) is 4.90 Å². The molecule has 0 spiro atoms. The maximum atomic E-state index is 14.0. The Balaban J connectivity index is 1.60. The van der Waals surface area contributed by atoms with Crippen LogP contribution in [0.15, 0.2) is 66.0 Å². The number of primary amides is 1. The van der Waals surface area contributed by atoms with Gasteiger partial charge in [-0.3, -0.25) is 24.6 Å². The molecule has 3 aliphatic carbocycles. The molecule has 0 saturated heterocycles. The van der Waals surface area contributed by atoms with E-state index in [4.69, 9.17) is 10.5 Å². The number of amides is 2. The van der Waals surface area contributed by atoms with E-state index in [1.165, 1.54) is 17.0 Å². The number of Topliss-reactive ketones (excluding diaryl/α,β-unsaturated/α-hetero) is 2. The molecule has 7 N–H and O–H groups in total. The standard InChI is InChI=1S/C31H31N3O9/c1-4-11-43-30(41)33-16-7-5-14(6-8-16)17-9-10-20(35)22-18(17)12-15-13-19-24(34(2)3)26(37)23(29(32)40)28(39)31(19,42)27(38)21(15)25(22)36/h4-10,15,19,24,35-36,39,42H,1,11-13H2,2-3H3,(H2,32,40)(H,33,41)/t15-,19-,24?,31-/m0/s1. The molecular weight excluding hydrogens is 558 g/mol. The van der Waals surface area contributed by atoms with Gasteiger partial charge in [0.25, 0.3) is 5.91 Å². The Bertz CT molecular complexity index is 1640. The van der Waals surface area contributed by atoms with Crippen LogP contribution in [0.2, 0.25) is 0 Å². The van der Waals surface area contributed by atoms with Crippen LogP contribution in [0.25, 0.3) is 16.9 Å². The number of anilines is 1. The number of phenols is 1. The maximum Gasteiger partial charge on any atom is 0.411 e. The van der Waals surface area contributed by atoms with E-state index in [-0.39, 0.29) is 36.3 Å². The molecule has 5 rings (SSSR count). The van der Waals surface area contributed by atoms with Gasteiger partial charge < -0.3 is 30.9 Å². The lowest BCUT2D eigenvalue weighted by atomic mass is 9.57. The van der Waals surface area contributed by atoms with Crippen LogP contribution in [-0.4, -0.2) is 81.2 Å². The van der Waals surface area contributed by atoms with Crippen molar-refractivity contribution >= 4 is 35.0 Å². The van der Waals surface area contributed by atoms with Crippen LogP contribution in [0.5, 0.6) is 5.75 Å². The zero-order chi connectivity index (χ0) is 31.4. The second-order valence-electron chi connectivity index (χ2n) is 11.0. The number of aromatic hydroxyl groups is 1. The molecular formula is C31H31N3O9. The number of likely N-dealkylation sites (N-methyl/N-ethyl adjacent to an activating group) is 1. The van der Waals surface area contributed by atoms with Gasteiger partial charge in [-0.25, -0.2) is 4.79 Å². The van der Waals surface area contributed by atoms with Crippen LogP contribution in [0.3, 0.4) is 0 Å². The first-order valence-electron chi connectivity index (χ1n) is 13.5. The Morgan fingerprint density at radius 3 is 2.42 bits per heavy atom. The number of hydrogen-bond acceptors (Lipinski definition) is 10. The summed E-state index contributed by atoms with van der Waals surface area (Å²) in [4.78, 5) is 52.7. The number of benzene rings is 2. The van der Waals surface area contributed by atoms with Gasteiger partial charge in [-0.1, -0.05) is 30.9 Å². The fraction of sp³-hybridized carbons (Fsp3) is 0.290. The van der Waals surface area contributed by atoms with Gasteiger partial charge in [0, 0.05) is 17.2 Å². The summed E-state index contributed by atoms with van der Waals surface area (Å²) >= 11 is 0. The van der Waals surface area contributed by atoms with Crippen molar-refractivity contribution in [3.63, 3.8) is 0 Å². The Hall–Kier alpha value is -4.94. The molecule has 12 heteroatoms. The third-order valence-electron chi connectivity index (χ3n) is 8.38. The summed E-state index contributed by atoms with van der Waals surface area (Å²) in [7, 11) is 3.09. The maximum absolute atomic E-state index is 14.0. The lowest BCUT2D eigenvalue weighted by Crippen LogP contribution is -2.65. The van der Waals surface area contributed by atoms with Gasteiger partial charge in [0.15, 0.2) is 11.4 Å². The number of carbonyl (C=O) groups is 4. The number of nitrogens with zero attached hydrogens (tertiary/aromatic N) is 1. The van der Waals surface area contributed by atoms with Crippen molar-refractivity contribution in [2.24, 2.45) is 17.6 Å². The number of aliphatic hydroxyl groups is 3. The molecule has 1 fully saturated rings. The Labute approximate surface area is 246 Å². The number of rotatable bonds is 6. The largest absolute Gasteiger partial charge is 0.508 e. The van der Waals surface area contributed by atoms with Crippen LogP contribution >= 0.6 is 0 Å². The van der Waals surface area contributed by atoms with Crippen molar-refractivity contribution in [2.45, 2.75) is 24.5 Å². The van der Waals surface area contributed by atoms with E-state index in [1.54, 1.807) is 44.4 Å². The summed E-state index contributed by atoms with van der Waals surface area (Å²) in [5.74, 6) is -7.07. The van der Waals surface area contributed by atoms with Crippen molar-refractivity contribution in [2.75, 3.05) is 26.0 Å². The van der Waals surface area contributed by atoms with Crippen molar-refractivity contribution < 1.29 is 44.3 Å². The van der Waals surface area contributed by atoms with Crippen LogP contribution < -0.4 is 11.1 Å². The van der Waals surface area contributed by atoms with Crippen molar-refractivity contribution in [3.05, 3.63) is 77.1 Å². The highest BCUT2D eigenvalue weighted by Crippen LogP contribution is 2.53. The average molecular weight is 590 g/mol. The highest BCUT2D eigenvalue weighted by atomic mass is 16.5. The minimum absolute atomic E-state index is 0.0102. The third-order valence-corrected chi connectivity index (χ3v) is 8.38. The van der Waals surface area contributed by atoms with E-state index >= 15 is 0 Å². The number of nitrogens with two attached hydrogens (primary N) is 1. The lowest BCUT2D eigenvalue weighted by molar-refractivity contribution is -0.153. The molecule has 1 saturated carbocycles. The van der Waals surface area contributed by atoms with E-state index in [1.807, 2.05) is 0 Å². The third kappa shape index (κ3) is 4.55. The first-order chi connectivity index (χ1) is 20.3. The smallest absolute Gasteiger partial charge is 0.411 e. The first kappa shape index (κ1) is 29.5. The summed E-state index contributed by atoms with van der Waals surface area (Å²) in [6.45, 7) is 3.54. The number of phenolic OH excluding ortho intramolecular Hbond substituents is 1. The van der Waals surface area contributed by atoms with Crippen molar-refractivity contribution in [3.8, 4) is 16.9 Å². The number of fused-ring (bicyclic) bond motifs is 3. The first-order valence-corrected chi connectivity index (χ1v) is 13.5. The fourth-order valence-corrected chi connectivity index (χ4v) is 6.54. The van der Waals surface area contributed by atoms with Gasteiger partial charge >= 0.3 is 6.09 Å². The SMILES string of the molecule is C=CCOC(=O)Nc1ccc(-c2ccc(O)c3c2C[C@H]2C[C@H]4C(N(C)C)C(=O)C(C(N)=O)=C(O)[C@@]4(O)C(=O)C2=C3O)cc1. The van der Waals surface area contributed by atoms with Crippen LogP contribution in [0.4, 0.5) is 10.5 Å². The van der Waals surface area contributed by atoms with Gasteiger partial charge in [0.1, 0.15) is 29.4 Å². The van der Waals surface area contributed by atoms with Gasteiger partial charge in [-0.15, -0.1) is 0 Å². The van der Waals surface area contributed by atoms with Crippen LogP contribution in [0.1, 0.15) is 17.5 Å². The Morgan fingerprint density at radius 2 is 1.81 bits per heavy atom. The van der Waals surface area contributed by atoms with Gasteiger partial charge in [0.05, 0.1) is 11.6 Å². The second kappa shape index (κ2) is 10.7. The molecule has 0 aliphatic heterocycles. The summed E-state index contributed by atoms with van der Waals surface area (Å²) < 4.78 is 4.93. The minimum atomic E-state index is -2.70. The molecule has 1 unspecified atom stereocenters. The summed E-state index contributed by atoms with van der Waals surface area (Å²) in [5, 5.41) is 47.5. The molecule has 43 heavy (non-hydrogen) atoms. The molecule has 2 aromatic carbocycles. The summed E-state index contributed by atoms with van der Waals surface area (Å²) in [6, 6.07) is 8.62. The van der Waals surface area contributed by atoms with E-state index in [0.29, 0.717) is 22.4 Å². The number of aliphatic hydroxyl groups excluding tert-OH is 2. The van der Waals surface area contributed by atoms with E-state index in [9.17, 15) is 39.6 Å². The Morgan fingerprint density at radius 1 is 1.14 bits per heavy atom. The molecule has 0 bridgehead atoms. The molecule has 0 aromatic heterocycles. The number of ketones is 2. The molecule has 0 radical (unpaired) electrons. The quantitative estimate of drug-likeness (QED) is 0.215. The summed E-state index contributed by atoms with van der Waals surface area (Å²) in [5.41, 5.74) is 3.87. The zero-order valence-corrected chi connectivity index (χ0v) is 23.5. The molecule has 2 aromatic rings. The number of ether oxygens (including phenoxy) is 1. The normalized spacial score (nSPS) is 24.7. The van der Waals surface area contributed by atoms with Gasteiger partial charge in [0.2, 0.25) is 5.78 Å². The topological polar surface area (TPSA) is 200 Å². The monoisotopic (exact) mass is 589 g/mol. The number of hydrogen-bond donors (Lipinski definition) is 6. The van der Waals surface area contributed by atoms with Crippen LogP contribution in [0, 0.1) is 11.8 Å². The van der Waals surface area contributed by atoms with Crippen LogP contribution in [-0.2, 0) is 25.5 Å². The molecule has 0 heterocycles. The molecule has 12 nitrogen and oxygen atoms in total. The second-order valence-corrected chi connectivity index (χ2v) is 11.0. The predicted octanol–water partition coefficient (Wildman–Crippen LogP) is 2.37. The van der Waals surface area contributed by atoms with Gasteiger partial charge in [-0.2, -0.15) is 0 Å². The minimum Gasteiger partial charge on any atom is -0.508 e. The molecule has 3 aliphatic rings. The number of carbonyl (C=O) groups excluding carboxylic acids is 4. The van der Waals surface area contributed by atoms with Crippen molar-refractivity contribution in [1.29, 1.82) is 0 Å². The molecule has 4 atom stereocenters. The summed E-state index contributed by atoms with van der Waals surface area (Å²) in [6.07, 6.45) is 0.916. The molecule has 2 amide bonds. The van der Waals surface area contributed by atoms with Gasteiger partial charge in [-0.05, 0) is 67.7 Å². The fourth-order valence-electron chi connectivity index (χ4n) is 6.54. The zero-order valence-electron chi connectivity index (χ0n) is 23.5. The highest BCUT2D eigenvalue weighted by Gasteiger charge is 2.64. The Kier molecular flexibility index (Phi) is 7.36. The molecule has 224 valence electrons. The predicted molar refractivity (Wildman–Crippen MR) is 155 cm³/mol. The average Bonchev–Trinajstić information content (AvgIpc) is 2.94.